The minimum absolute atomic E-state index is 0.0770. The van der Waals surface area contributed by atoms with Crippen LogP contribution in [-0.2, 0) is 10.2 Å². The van der Waals surface area contributed by atoms with Gasteiger partial charge in [-0.2, -0.15) is 0 Å². The largest absolute Gasteiger partial charge is 0.497 e. The van der Waals surface area contributed by atoms with Gasteiger partial charge in [0.15, 0.2) is 0 Å². The lowest BCUT2D eigenvalue weighted by molar-refractivity contribution is -0.121. The van der Waals surface area contributed by atoms with Crippen molar-refractivity contribution in [2.75, 3.05) is 19.0 Å². The van der Waals surface area contributed by atoms with Crippen LogP contribution in [0.1, 0.15) is 49.3 Å². The Balaban J connectivity index is 1.88. The monoisotopic (exact) mass is 367 g/mol. The number of carbonyl (C=O) groups is 1. The van der Waals surface area contributed by atoms with Gasteiger partial charge in [0.2, 0.25) is 5.91 Å². The van der Waals surface area contributed by atoms with Crippen LogP contribution in [0.2, 0.25) is 0 Å². The number of ether oxygens (including phenoxy) is 2. The fourth-order valence-electron chi connectivity index (χ4n) is 4.18. The summed E-state index contributed by atoms with van der Waals surface area (Å²) in [7, 11) is 1.66. The van der Waals surface area contributed by atoms with E-state index in [9.17, 15) is 4.79 Å². The summed E-state index contributed by atoms with van der Waals surface area (Å²) in [4.78, 5) is 13.4. The lowest BCUT2D eigenvalue weighted by atomic mass is 9.78. The first-order valence-corrected chi connectivity index (χ1v) is 9.70. The van der Waals surface area contributed by atoms with E-state index in [1.54, 1.807) is 7.11 Å². The summed E-state index contributed by atoms with van der Waals surface area (Å²) in [6, 6.07) is 11.9. The standard InChI is InChI=1S/C23H29NO3/c1-5-27-21-16(2)14-19(15-17(21)3)24-22(25)23(12-6-7-13-23)18-8-10-20(26-4)11-9-18/h8-11,14-15H,5-7,12-13H2,1-4H3,(H,24,25). The van der Waals surface area contributed by atoms with Gasteiger partial charge in [-0.05, 0) is 74.6 Å². The fourth-order valence-corrected chi connectivity index (χ4v) is 4.18. The van der Waals surface area contributed by atoms with Crippen molar-refractivity contribution >= 4 is 11.6 Å². The van der Waals surface area contributed by atoms with Crippen molar-refractivity contribution in [2.24, 2.45) is 0 Å². The van der Waals surface area contributed by atoms with Crippen LogP contribution in [0, 0.1) is 13.8 Å². The zero-order valence-electron chi connectivity index (χ0n) is 16.7. The molecule has 4 heteroatoms. The summed E-state index contributed by atoms with van der Waals surface area (Å²) in [5, 5.41) is 3.18. The summed E-state index contributed by atoms with van der Waals surface area (Å²) in [5.41, 5.74) is 3.51. The minimum Gasteiger partial charge on any atom is -0.497 e. The third-order valence-electron chi connectivity index (χ3n) is 5.54. The molecule has 27 heavy (non-hydrogen) atoms. The fraction of sp³-hybridized carbons (Fsp3) is 0.435. The second kappa shape index (κ2) is 8.03. The minimum atomic E-state index is -0.466. The number of anilines is 1. The Hall–Kier alpha value is -2.49. The molecular weight excluding hydrogens is 338 g/mol. The number of hydrogen-bond donors (Lipinski definition) is 1. The molecule has 3 rings (SSSR count). The number of nitrogens with one attached hydrogen (secondary N) is 1. The number of amides is 1. The van der Waals surface area contributed by atoms with Crippen LogP contribution < -0.4 is 14.8 Å². The van der Waals surface area contributed by atoms with Crippen LogP contribution in [-0.4, -0.2) is 19.6 Å². The third-order valence-corrected chi connectivity index (χ3v) is 5.54. The first-order valence-electron chi connectivity index (χ1n) is 9.70. The molecule has 0 heterocycles. The molecule has 1 aliphatic carbocycles. The van der Waals surface area contributed by atoms with Crippen molar-refractivity contribution in [1.82, 2.24) is 0 Å². The van der Waals surface area contributed by atoms with Crippen molar-refractivity contribution in [3.63, 3.8) is 0 Å². The first kappa shape index (κ1) is 19.3. The van der Waals surface area contributed by atoms with E-state index in [2.05, 4.69) is 5.32 Å². The number of carbonyl (C=O) groups excluding carboxylic acids is 1. The van der Waals surface area contributed by atoms with E-state index in [4.69, 9.17) is 9.47 Å². The molecule has 4 nitrogen and oxygen atoms in total. The molecule has 2 aromatic carbocycles. The van der Waals surface area contributed by atoms with Crippen LogP contribution in [0.4, 0.5) is 5.69 Å². The van der Waals surface area contributed by atoms with E-state index in [1.807, 2.05) is 57.2 Å². The average Bonchev–Trinajstić information content (AvgIpc) is 3.16. The second-order valence-electron chi connectivity index (χ2n) is 7.34. The van der Waals surface area contributed by atoms with E-state index in [0.29, 0.717) is 6.61 Å². The third kappa shape index (κ3) is 3.80. The maximum Gasteiger partial charge on any atom is 0.235 e. The van der Waals surface area contributed by atoms with Gasteiger partial charge in [-0.15, -0.1) is 0 Å². The highest BCUT2D eigenvalue weighted by Gasteiger charge is 2.42. The Bertz CT molecular complexity index is 782. The van der Waals surface area contributed by atoms with Crippen molar-refractivity contribution in [3.8, 4) is 11.5 Å². The van der Waals surface area contributed by atoms with E-state index in [-0.39, 0.29) is 5.91 Å². The maximum absolute atomic E-state index is 13.4. The van der Waals surface area contributed by atoms with Crippen molar-refractivity contribution in [2.45, 2.75) is 51.9 Å². The molecule has 144 valence electrons. The molecule has 1 fully saturated rings. The highest BCUT2D eigenvalue weighted by atomic mass is 16.5. The zero-order chi connectivity index (χ0) is 19.4. The second-order valence-corrected chi connectivity index (χ2v) is 7.34. The van der Waals surface area contributed by atoms with Gasteiger partial charge in [0.05, 0.1) is 19.1 Å². The Morgan fingerprint density at radius 2 is 1.67 bits per heavy atom. The Labute approximate surface area is 161 Å². The topological polar surface area (TPSA) is 47.6 Å². The Kier molecular flexibility index (Phi) is 5.73. The Morgan fingerprint density at radius 3 is 2.19 bits per heavy atom. The maximum atomic E-state index is 13.4. The summed E-state index contributed by atoms with van der Waals surface area (Å²) in [6.07, 6.45) is 3.89. The van der Waals surface area contributed by atoms with Gasteiger partial charge in [-0.1, -0.05) is 25.0 Å². The quantitative estimate of drug-likeness (QED) is 0.767. The van der Waals surface area contributed by atoms with Gasteiger partial charge >= 0.3 is 0 Å². The smallest absolute Gasteiger partial charge is 0.235 e. The van der Waals surface area contributed by atoms with Gasteiger partial charge in [-0.25, -0.2) is 0 Å². The van der Waals surface area contributed by atoms with Gasteiger partial charge in [0.25, 0.3) is 0 Å². The van der Waals surface area contributed by atoms with Crippen molar-refractivity contribution in [1.29, 1.82) is 0 Å². The Morgan fingerprint density at radius 1 is 1.07 bits per heavy atom. The summed E-state index contributed by atoms with van der Waals surface area (Å²) >= 11 is 0. The number of methoxy groups -OCH3 is 1. The van der Waals surface area contributed by atoms with E-state index < -0.39 is 5.41 Å². The lowest BCUT2D eigenvalue weighted by Gasteiger charge is -2.29. The van der Waals surface area contributed by atoms with Crippen molar-refractivity contribution in [3.05, 3.63) is 53.1 Å². The molecule has 1 N–H and O–H groups in total. The molecule has 0 spiro atoms. The van der Waals surface area contributed by atoms with Crippen LogP contribution in [0.25, 0.3) is 0 Å². The van der Waals surface area contributed by atoms with Crippen LogP contribution in [0.5, 0.6) is 11.5 Å². The molecule has 1 amide bonds. The van der Waals surface area contributed by atoms with Crippen LogP contribution in [0.15, 0.2) is 36.4 Å². The average molecular weight is 367 g/mol. The van der Waals surface area contributed by atoms with E-state index in [0.717, 1.165) is 59.6 Å². The molecule has 0 bridgehead atoms. The predicted molar refractivity (Wildman–Crippen MR) is 109 cm³/mol. The highest BCUT2D eigenvalue weighted by molar-refractivity contribution is 5.99. The van der Waals surface area contributed by atoms with Crippen molar-refractivity contribution < 1.29 is 14.3 Å². The van der Waals surface area contributed by atoms with Gasteiger partial charge in [-0.3, -0.25) is 4.79 Å². The summed E-state index contributed by atoms with van der Waals surface area (Å²) < 4.78 is 11.0. The molecule has 0 radical (unpaired) electrons. The number of benzene rings is 2. The molecule has 0 atom stereocenters. The van der Waals surface area contributed by atoms with Gasteiger partial charge < -0.3 is 14.8 Å². The zero-order valence-corrected chi connectivity index (χ0v) is 16.7. The highest BCUT2D eigenvalue weighted by Crippen LogP contribution is 2.42. The van der Waals surface area contributed by atoms with Crippen LogP contribution in [0.3, 0.4) is 0 Å². The molecule has 1 aliphatic rings. The molecule has 2 aromatic rings. The molecule has 0 aromatic heterocycles. The number of hydrogen-bond acceptors (Lipinski definition) is 3. The number of aryl methyl sites for hydroxylation is 2. The molecule has 0 unspecified atom stereocenters. The predicted octanol–water partition coefficient (Wildman–Crippen LogP) is 5.16. The SMILES string of the molecule is CCOc1c(C)cc(NC(=O)C2(c3ccc(OC)cc3)CCCC2)cc1C. The first-order chi connectivity index (χ1) is 13.0. The lowest BCUT2D eigenvalue weighted by Crippen LogP contribution is -2.38. The normalized spacial score (nSPS) is 15.4. The molecular formula is C23H29NO3. The van der Waals surface area contributed by atoms with Gasteiger partial charge in [0, 0.05) is 5.69 Å². The molecule has 0 aliphatic heterocycles. The molecule has 0 saturated heterocycles. The van der Waals surface area contributed by atoms with E-state index >= 15 is 0 Å². The summed E-state index contributed by atoms with van der Waals surface area (Å²) in [6.45, 7) is 6.64. The summed E-state index contributed by atoms with van der Waals surface area (Å²) in [5.74, 6) is 1.79. The van der Waals surface area contributed by atoms with E-state index in [1.165, 1.54) is 0 Å². The van der Waals surface area contributed by atoms with Gasteiger partial charge in [0.1, 0.15) is 11.5 Å². The van der Waals surface area contributed by atoms with Crippen LogP contribution >= 0.6 is 0 Å². The molecule has 1 saturated carbocycles. The number of rotatable bonds is 6.